The van der Waals surface area contributed by atoms with Gasteiger partial charge in [-0.25, -0.2) is 0 Å². The van der Waals surface area contributed by atoms with E-state index in [0.717, 1.165) is 67.5 Å². The van der Waals surface area contributed by atoms with E-state index in [1.807, 2.05) is 0 Å². The van der Waals surface area contributed by atoms with Crippen LogP contribution in [0.25, 0.3) is 77.5 Å². The summed E-state index contributed by atoms with van der Waals surface area (Å²) in [4.78, 5) is 2.34. The van der Waals surface area contributed by atoms with E-state index in [2.05, 4.69) is 241 Å². The molecule has 0 unspecified atom stereocenters. The summed E-state index contributed by atoms with van der Waals surface area (Å²) in [7, 11) is 0. The third-order valence-corrected chi connectivity index (χ3v) is 11.7. The molecule has 0 N–H and O–H groups in total. The van der Waals surface area contributed by atoms with Gasteiger partial charge < -0.3 is 9.64 Å². The quantitative estimate of drug-likeness (QED) is 0.160. The molecule has 0 bridgehead atoms. The van der Waals surface area contributed by atoms with Crippen molar-refractivity contribution in [1.82, 2.24) is 0 Å². The highest BCUT2D eigenvalue weighted by Gasteiger charge is 2.27. The molecule has 0 fully saturated rings. The molecule has 0 amide bonds. The minimum atomic E-state index is 0.807. The van der Waals surface area contributed by atoms with Crippen molar-refractivity contribution < 1.29 is 4.74 Å². The maximum Gasteiger partial charge on any atom is 0.159 e. The number of nitrogens with zero attached hydrogens (tertiary/aromatic N) is 1. The molecule has 10 aromatic carbocycles. The van der Waals surface area contributed by atoms with Crippen LogP contribution in [0.3, 0.4) is 0 Å². The summed E-state index contributed by atoms with van der Waals surface area (Å²) in [5.74, 6) is 1.63. The van der Waals surface area contributed by atoms with Crippen molar-refractivity contribution in [2.75, 3.05) is 4.90 Å². The van der Waals surface area contributed by atoms with Crippen LogP contribution >= 0.6 is 0 Å². The van der Waals surface area contributed by atoms with E-state index in [0.29, 0.717) is 0 Å². The Bertz CT molecular complexity index is 3140. The van der Waals surface area contributed by atoms with E-state index in [-0.39, 0.29) is 0 Å². The first kappa shape index (κ1) is 35.2. The van der Waals surface area contributed by atoms with Crippen molar-refractivity contribution in [2.45, 2.75) is 0 Å². The van der Waals surface area contributed by atoms with Crippen LogP contribution < -0.4 is 9.64 Å². The zero-order valence-electron chi connectivity index (χ0n) is 32.9. The standard InChI is InChI=1S/C58H39NO/c1-4-13-40(14-5-1)44-23-25-46(26-24-44)48-30-35-52-54(38-48)53-21-12-22-56(58(53)60-57-36-31-49(39-55(52)57)42-17-8-3-9-18-42)59(51-34-29-43-19-10-11-20-47(43)37-51)50-32-27-45(28-33-50)41-15-6-2-7-16-41/h1-39H. The van der Waals surface area contributed by atoms with Gasteiger partial charge in [0.2, 0.25) is 0 Å². The Hall–Kier alpha value is -7.94. The minimum Gasteiger partial charge on any atom is -0.454 e. The Morgan fingerprint density at radius 3 is 1.40 bits per heavy atom. The summed E-state index contributed by atoms with van der Waals surface area (Å²) in [6.45, 7) is 0. The topological polar surface area (TPSA) is 12.5 Å². The lowest BCUT2D eigenvalue weighted by molar-refractivity contribution is 0.489. The summed E-state index contributed by atoms with van der Waals surface area (Å²) < 4.78 is 7.28. The fourth-order valence-corrected chi connectivity index (χ4v) is 8.61. The number of fused-ring (bicyclic) bond motifs is 6. The Morgan fingerprint density at radius 1 is 0.267 bits per heavy atom. The van der Waals surface area contributed by atoms with Gasteiger partial charge in [0.05, 0.1) is 5.69 Å². The van der Waals surface area contributed by atoms with E-state index in [1.54, 1.807) is 0 Å². The molecular weight excluding hydrogens is 727 g/mol. The lowest BCUT2D eigenvalue weighted by atomic mass is 9.89. The molecule has 0 saturated carbocycles. The van der Waals surface area contributed by atoms with Crippen molar-refractivity contribution in [1.29, 1.82) is 0 Å². The van der Waals surface area contributed by atoms with Gasteiger partial charge in [0.25, 0.3) is 0 Å². The smallest absolute Gasteiger partial charge is 0.159 e. The van der Waals surface area contributed by atoms with E-state index in [4.69, 9.17) is 4.74 Å². The Morgan fingerprint density at radius 2 is 0.750 bits per heavy atom. The van der Waals surface area contributed by atoms with Crippen molar-refractivity contribution in [3.63, 3.8) is 0 Å². The van der Waals surface area contributed by atoms with Crippen LogP contribution in [0, 0.1) is 0 Å². The number of anilines is 3. The summed E-state index contributed by atoms with van der Waals surface area (Å²) >= 11 is 0. The minimum absolute atomic E-state index is 0.807. The molecule has 2 nitrogen and oxygen atoms in total. The first-order valence-corrected chi connectivity index (χ1v) is 20.5. The predicted molar refractivity (Wildman–Crippen MR) is 251 cm³/mol. The van der Waals surface area contributed by atoms with Crippen LogP contribution in [-0.4, -0.2) is 0 Å². The number of ether oxygens (including phenoxy) is 1. The molecule has 11 rings (SSSR count). The van der Waals surface area contributed by atoms with Gasteiger partial charge in [-0.05, 0) is 115 Å². The average Bonchev–Trinajstić information content (AvgIpc) is 3.47. The van der Waals surface area contributed by atoms with Crippen LogP contribution in [0.2, 0.25) is 0 Å². The van der Waals surface area contributed by atoms with Crippen molar-refractivity contribution in [2.24, 2.45) is 0 Å². The van der Waals surface area contributed by atoms with Crippen molar-refractivity contribution in [3.8, 4) is 78.3 Å². The average molecular weight is 766 g/mol. The summed E-state index contributed by atoms with van der Waals surface area (Å²) in [5.41, 5.74) is 16.8. The van der Waals surface area contributed by atoms with Gasteiger partial charge >= 0.3 is 0 Å². The number of rotatable bonds is 7. The fourth-order valence-electron chi connectivity index (χ4n) is 8.61. The highest BCUT2D eigenvalue weighted by Crippen LogP contribution is 2.54. The summed E-state index contributed by atoms with van der Waals surface area (Å²) in [6.07, 6.45) is 0. The van der Waals surface area contributed by atoms with Crippen LogP contribution in [0.1, 0.15) is 0 Å². The van der Waals surface area contributed by atoms with Gasteiger partial charge in [-0.1, -0.05) is 188 Å². The monoisotopic (exact) mass is 765 g/mol. The maximum atomic E-state index is 7.28. The number of benzene rings is 10. The molecule has 10 aromatic rings. The third-order valence-electron chi connectivity index (χ3n) is 11.7. The maximum absolute atomic E-state index is 7.28. The summed E-state index contributed by atoms with van der Waals surface area (Å²) in [6, 6.07) is 84.8. The molecule has 0 saturated heterocycles. The van der Waals surface area contributed by atoms with Gasteiger partial charge in [-0.3, -0.25) is 0 Å². The first-order valence-electron chi connectivity index (χ1n) is 20.5. The molecule has 282 valence electrons. The molecule has 0 aliphatic carbocycles. The fraction of sp³-hybridized carbons (Fsp3) is 0. The highest BCUT2D eigenvalue weighted by atomic mass is 16.5. The SMILES string of the molecule is c1ccc(-c2ccc(-c3ccc4c(c3)-c3cccc(N(c5ccc(-c6ccccc6)cc5)c5ccc6ccccc6c5)c3Oc3ccc(-c5ccccc5)cc3-4)cc2)cc1. The molecular formula is C58H39NO. The van der Waals surface area contributed by atoms with Crippen molar-refractivity contribution >= 4 is 27.8 Å². The molecule has 60 heavy (non-hydrogen) atoms. The molecule has 0 radical (unpaired) electrons. The predicted octanol–water partition coefficient (Wildman–Crippen LogP) is 16.4. The van der Waals surface area contributed by atoms with Gasteiger partial charge in [-0.15, -0.1) is 0 Å². The largest absolute Gasteiger partial charge is 0.454 e. The van der Waals surface area contributed by atoms with Crippen LogP contribution in [0.4, 0.5) is 17.1 Å². The van der Waals surface area contributed by atoms with Crippen LogP contribution in [-0.2, 0) is 0 Å². The lowest BCUT2D eigenvalue weighted by Gasteiger charge is -2.28. The highest BCUT2D eigenvalue weighted by molar-refractivity contribution is 5.98. The summed E-state index contributed by atoms with van der Waals surface area (Å²) in [5, 5.41) is 2.38. The van der Waals surface area contributed by atoms with Crippen molar-refractivity contribution in [3.05, 3.63) is 237 Å². The molecule has 0 aromatic heterocycles. The van der Waals surface area contributed by atoms with E-state index in [1.165, 1.54) is 38.6 Å². The van der Waals surface area contributed by atoms with Gasteiger partial charge in [-0.2, -0.15) is 0 Å². The van der Waals surface area contributed by atoms with E-state index in [9.17, 15) is 0 Å². The molecule has 1 aliphatic rings. The Balaban J connectivity index is 1.11. The van der Waals surface area contributed by atoms with E-state index < -0.39 is 0 Å². The second-order valence-corrected chi connectivity index (χ2v) is 15.3. The number of para-hydroxylation sites is 1. The number of hydrogen-bond acceptors (Lipinski definition) is 2. The molecule has 0 atom stereocenters. The Labute approximate surface area is 350 Å². The van der Waals surface area contributed by atoms with Gasteiger partial charge in [0, 0.05) is 22.5 Å². The number of hydrogen-bond donors (Lipinski definition) is 0. The zero-order valence-corrected chi connectivity index (χ0v) is 32.9. The third kappa shape index (κ3) is 6.51. The Kier molecular flexibility index (Phi) is 8.87. The second kappa shape index (κ2) is 15.1. The normalized spacial score (nSPS) is 11.5. The van der Waals surface area contributed by atoms with Gasteiger partial charge in [0.15, 0.2) is 5.75 Å². The second-order valence-electron chi connectivity index (χ2n) is 15.3. The molecule has 0 spiro atoms. The van der Waals surface area contributed by atoms with E-state index >= 15 is 0 Å². The van der Waals surface area contributed by atoms with Gasteiger partial charge in [0.1, 0.15) is 5.75 Å². The first-order chi connectivity index (χ1) is 29.7. The molecule has 2 heteroatoms. The molecule has 1 aliphatic heterocycles. The molecule has 1 heterocycles. The van der Waals surface area contributed by atoms with Crippen LogP contribution in [0.15, 0.2) is 237 Å². The van der Waals surface area contributed by atoms with Crippen LogP contribution in [0.5, 0.6) is 11.5 Å². The zero-order chi connectivity index (χ0) is 39.8. The lowest BCUT2D eigenvalue weighted by Crippen LogP contribution is -2.11.